The maximum absolute atomic E-state index is 12.2. The van der Waals surface area contributed by atoms with Crippen molar-refractivity contribution in [2.45, 2.75) is 45.8 Å². The van der Waals surface area contributed by atoms with Crippen LogP contribution in [0.5, 0.6) is 0 Å². The summed E-state index contributed by atoms with van der Waals surface area (Å²) in [6.07, 6.45) is 0.775. The van der Waals surface area contributed by atoms with E-state index in [9.17, 15) is 10.1 Å². The minimum Gasteiger partial charge on any atom is -0.444 e. The standard InChI is InChI=1S/C22H35N7O2/c1-16-12-26(5)8-7-9-29(16)20-24-18(11-23)10-19(25-20)27(6)13-17-14-28(15-17)21(30)31-22(2,3)4/h10,16-17H,7-9,12-15H2,1-6H3/t16-/m0/s1. The minimum atomic E-state index is -0.483. The third-order valence-electron chi connectivity index (χ3n) is 5.65. The largest absolute Gasteiger partial charge is 0.444 e. The quantitative estimate of drug-likeness (QED) is 0.720. The van der Waals surface area contributed by atoms with Crippen LogP contribution in [0.15, 0.2) is 6.07 Å². The van der Waals surface area contributed by atoms with Crippen LogP contribution in [0, 0.1) is 17.2 Å². The third kappa shape index (κ3) is 5.97. The Morgan fingerprint density at radius 2 is 2.00 bits per heavy atom. The third-order valence-corrected chi connectivity index (χ3v) is 5.65. The normalized spacial score (nSPS) is 20.6. The average Bonchev–Trinajstić information content (AvgIpc) is 2.81. The van der Waals surface area contributed by atoms with Gasteiger partial charge in [-0.1, -0.05) is 0 Å². The smallest absolute Gasteiger partial charge is 0.410 e. The second-order valence-electron chi connectivity index (χ2n) is 9.81. The molecule has 0 aliphatic carbocycles. The van der Waals surface area contributed by atoms with Gasteiger partial charge in [0.25, 0.3) is 0 Å². The molecule has 2 aliphatic heterocycles. The Morgan fingerprint density at radius 1 is 1.29 bits per heavy atom. The number of carbonyl (C=O) groups is 1. The van der Waals surface area contributed by atoms with Gasteiger partial charge in [-0.15, -0.1) is 0 Å². The van der Waals surface area contributed by atoms with E-state index in [1.54, 1.807) is 11.0 Å². The molecule has 9 nitrogen and oxygen atoms in total. The lowest BCUT2D eigenvalue weighted by molar-refractivity contribution is 0.000177. The Labute approximate surface area is 185 Å². The Hall–Kier alpha value is -2.60. The number of aromatic nitrogens is 2. The predicted octanol–water partition coefficient (Wildman–Crippen LogP) is 2.18. The summed E-state index contributed by atoms with van der Waals surface area (Å²) in [4.78, 5) is 29.8. The van der Waals surface area contributed by atoms with Crippen molar-refractivity contribution in [3.05, 3.63) is 11.8 Å². The monoisotopic (exact) mass is 429 g/mol. The van der Waals surface area contributed by atoms with E-state index in [0.29, 0.717) is 30.6 Å². The van der Waals surface area contributed by atoms with Gasteiger partial charge in [0.15, 0.2) is 0 Å². The van der Waals surface area contributed by atoms with Crippen LogP contribution in [0.1, 0.15) is 39.8 Å². The highest BCUT2D eigenvalue weighted by Crippen LogP contribution is 2.24. The topological polar surface area (TPSA) is 88.8 Å². The molecule has 170 valence electrons. The molecule has 3 rings (SSSR count). The molecule has 0 aromatic carbocycles. The molecule has 2 saturated heterocycles. The summed E-state index contributed by atoms with van der Waals surface area (Å²) in [5, 5.41) is 9.51. The lowest BCUT2D eigenvalue weighted by atomic mass is 10.0. The van der Waals surface area contributed by atoms with Crippen molar-refractivity contribution in [1.29, 1.82) is 5.26 Å². The van der Waals surface area contributed by atoms with Gasteiger partial charge in [-0.05, 0) is 47.7 Å². The number of anilines is 2. The molecule has 3 heterocycles. The van der Waals surface area contributed by atoms with Gasteiger partial charge in [0.05, 0.1) is 0 Å². The SMILES string of the molecule is C[C@H]1CN(C)CCCN1c1nc(C#N)cc(N(C)CC2CN(C(=O)OC(C)(C)C)C2)n1. The average molecular weight is 430 g/mol. The number of ether oxygens (including phenoxy) is 1. The van der Waals surface area contributed by atoms with Crippen LogP contribution in [-0.4, -0.2) is 90.9 Å². The van der Waals surface area contributed by atoms with Crippen LogP contribution in [0.4, 0.5) is 16.6 Å². The van der Waals surface area contributed by atoms with Crippen LogP contribution >= 0.6 is 0 Å². The summed E-state index contributed by atoms with van der Waals surface area (Å²) in [5.41, 5.74) is -0.107. The second-order valence-corrected chi connectivity index (χ2v) is 9.81. The first-order chi connectivity index (χ1) is 14.6. The molecule has 0 radical (unpaired) electrons. The van der Waals surface area contributed by atoms with Crippen LogP contribution in [0.3, 0.4) is 0 Å². The van der Waals surface area contributed by atoms with Crippen molar-refractivity contribution in [2.24, 2.45) is 5.92 Å². The molecule has 2 aliphatic rings. The van der Waals surface area contributed by atoms with Crippen molar-refractivity contribution >= 4 is 17.9 Å². The molecule has 0 saturated carbocycles. The number of likely N-dealkylation sites (tertiary alicyclic amines) is 1. The van der Waals surface area contributed by atoms with Crippen LogP contribution < -0.4 is 9.80 Å². The fourth-order valence-corrected chi connectivity index (χ4v) is 4.11. The van der Waals surface area contributed by atoms with E-state index >= 15 is 0 Å². The zero-order valence-electron chi connectivity index (χ0n) is 19.6. The number of likely N-dealkylation sites (N-methyl/N-ethyl adjacent to an activating group) is 1. The van der Waals surface area contributed by atoms with Crippen molar-refractivity contribution in [3.63, 3.8) is 0 Å². The molecule has 0 unspecified atom stereocenters. The number of hydrogen-bond acceptors (Lipinski definition) is 8. The fourth-order valence-electron chi connectivity index (χ4n) is 4.11. The number of amides is 1. The zero-order chi connectivity index (χ0) is 22.8. The molecule has 0 bridgehead atoms. The number of hydrogen-bond donors (Lipinski definition) is 0. The molecular weight excluding hydrogens is 394 g/mol. The van der Waals surface area contributed by atoms with E-state index in [-0.39, 0.29) is 12.1 Å². The van der Waals surface area contributed by atoms with Crippen LogP contribution in [0.25, 0.3) is 0 Å². The van der Waals surface area contributed by atoms with E-state index in [1.165, 1.54) is 0 Å². The van der Waals surface area contributed by atoms with E-state index < -0.39 is 5.60 Å². The van der Waals surface area contributed by atoms with Gasteiger partial charge >= 0.3 is 6.09 Å². The molecule has 1 amide bonds. The summed E-state index contributed by atoms with van der Waals surface area (Å²) in [7, 11) is 4.11. The minimum absolute atomic E-state index is 0.261. The molecular formula is C22H35N7O2. The van der Waals surface area contributed by atoms with Gasteiger partial charge in [-0.2, -0.15) is 10.2 Å². The molecule has 31 heavy (non-hydrogen) atoms. The first-order valence-electron chi connectivity index (χ1n) is 11.0. The van der Waals surface area contributed by atoms with Gasteiger partial charge in [-0.3, -0.25) is 0 Å². The Bertz CT molecular complexity index is 826. The number of nitriles is 1. The fraction of sp³-hybridized carbons (Fsp3) is 0.727. The first-order valence-corrected chi connectivity index (χ1v) is 11.0. The van der Waals surface area contributed by atoms with Gasteiger partial charge < -0.3 is 24.3 Å². The van der Waals surface area contributed by atoms with Crippen molar-refractivity contribution in [2.75, 3.05) is 63.2 Å². The van der Waals surface area contributed by atoms with E-state index in [1.807, 2.05) is 27.8 Å². The highest BCUT2D eigenvalue weighted by molar-refractivity contribution is 5.69. The molecule has 1 aromatic rings. The molecule has 9 heteroatoms. The van der Waals surface area contributed by atoms with Gasteiger partial charge in [0, 0.05) is 57.8 Å². The number of carbonyl (C=O) groups excluding carboxylic acids is 1. The van der Waals surface area contributed by atoms with E-state index in [2.05, 4.69) is 39.7 Å². The highest BCUT2D eigenvalue weighted by atomic mass is 16.6. The highest BCUT2D eigenvalue weighted by Gasteiger charge is 2.34. The lowest BCUT2D eigenvalue weighted by Crippen LogP contribution is -2.54. The Balaban J connectivity index is 1.65. The number of rotatable bonds is 4. The van der Waals surface area contributed by atoms with Crippen molar-refractivity contribution in [1.82, 2.24) is 19.8 Å². The zero-order valence-corrected chi connectivity index (χ0v) is 19.6. The summed E-state index contributed by atoms with van der Waals surface area (Å²) in [6.45, 7) is 12.7. The number of nitrogens with zero attached hydrogens (tertiary/aromatic N) is 7. The van der Waals surface area contributed by atoms with E-state index in [0.717, 1.165) is 38.4 Å². The van der Waals surface area contributed by atoms with Gasteiger partial charge in [-0.25, -0.2) is 9.78 Å². The van der Waals surface area contributed by atoms with Crippen molar-refractivity contribution in [3.8, 4) is 6.07 Å². The predicted molar refractivity (Wildman–Crippen MR) is 120 cm³/mol. The molecule has 0 spiro atoms. The summed E-state index contributed by atoms with van der Waals surface area (Å²) in [6, 6.07) is 4.19. The van der Waals surface area contributed by atoms with Crippen LogP contribution in [0.2, 0.25) is 0 Å². The lowest BCUT2D eigenvalue weighted by Gasteiger charge is -2.41. The summed E-state index contributed by atoms with van der Waals surface area (Å²) >= 11 is 0. The van der Waals surface area contributed by atoms with Gasteiger partial charge in [0.2, 0.25) is 5.95 Å². The molecule has 2 fully saturated rings. The Morgan fingerprint density at radius 3 is 2.65 bits per heavy atom. The molecule has 1 aromatic heterocycles. The first kappa shape index (κ1) is 23.1. The van der Waals surface area contributed by atoms with Gasteiger partial charge in [0.1, 0.15) is 23.2 Å². The summed E-state index contributed by atoms with van der Waals surface area (Å²) in [5.74, 6) is 1.70. The maximum Gasteiger partial charge on any atom is 0.410 e. The van der Waals surface area contributed by atoms with Crippen molar-refractivity contribution < 1.29 is 9.53 Å². The second kappa shape index (κ2) is 9.27. The van der Waals surface area contributed by atoms with E-state index in [4.69, 9.17) is 9.72 Å². The summed E-state index contributed by atoms with van der Waals surface area (Å²) < 4.78 is 5.43. The maximum atomic E-state index is 12.2. The Kier molecular flexibility index (Phi) is 6.90. The molecule has 1 atom stereocenters. The van der Waals surface area contributed by atoms with Crippen LogP contribution in [-0.2, 0) is 4.74 Å². The molecule has 0 N–H and O–H groups in total.